The molecule has 0 aliphatic heterocycles. The van der Waals surface area contributed by atoms with Crippen LogP contribution in [0.5, 0.6) is 5.75 Å². The van der Waals surface area contributed by atoms with Crippen LogP contribution >= 0.6 is 11.3 Å². The number of methoxy groups -OCH3 is 1. The van der Waals surface area contributed by atoms with Crippen molar-refractivity contribution in [2.75, 3.05) is 12.4 Å². The van der Waals surface area contributed by atoms with Crippen molar-refractivity contribution in [2.45, 2.75) is 13.8 Å². The molecule has 0 radical (unpaired) electrons. The van der Waals surface area contributed by atoms with Crippen LogP contribution in [0.4, 0.5) is 10.1 Å². The van der Waals surface area contributed by atoms with E-state index in [0.717, 1.165) is 55.9 Å². The van der Waals surface area contributed by atoms with E-state index in [9.17, 15) is 14.9 Å². The number of benzene rings is 3. The summed E-state index contributed by atoms with van der Waals surface area (Å²) in [5.74, 6) is 0.159. The van der Waals surface area contributed by atoms with Crippen LogP contribution in [0.2, 0.25) is 0 Å². The molecular weight excluding hydrogens is 478 g/mol. The Morgan fingerprint density at radius 2 is 1.97 bits per heavy atom. The van der Waals surface area contributed by atoms with Crippen LogP contribution < -0.4 is 10.1 Å². The standard InChI is InChI=1S/C27H21N3O5S/c1-15(10-23(31)29-27-28-13-24(36-27)30(32)33)20-12-21-22(14-35-26(21)16(2)25(20)34-3)19-9-8-17-6-4-5-7-18(17)11-19/h4-14H,1-3H3,(H,28,29,31)/b15-10+. The van der Waals surface area contributed by atoms with Crippen LogP contribution in [0.3, 0.4) is 0 Å². The van der Waals surface area contributed by atoms with Gasteiger partial charge < -0.3 is 9.15 Å². The van der Waals surface area contributed by atoms with Crippen molar-refractivity contribution in [3.8, 4) is 16.9 Å². The Balaban J connectivity index is 1.55. The van der Waals surface area contributed by atoms with Crippen molar-refractivity contribution in [1.82, 2.24) is 4.98 Å². The SMILES string of the molecule is COc1c(/C(C)=C/C(=O)Nc2ncc([N+](=O)[O-])s2)cc2c(-c3ccc4ccccc4c3)coc2c1C. The summed E-state index contributed by atoms with van der Waals surface area (Å²) >= 11 is 0.797. The molecule has 9 heteroatoms. The summed E-state index contributed by atoms with van der Waals surface area (Å²) in [5.41, 5.74) is 4.90. The van der Waals surface area contributed by atoms with Gasteiger partial charge in [-0.3, -0.25) is 20.2 Å². The number of hydrogen-bond acceptors (Lipinski definition) is 7. The van der Waals surface area contributed by atoms with Crippen molar-refractivity contribution in [3.05, 3.63) is 88.3 Å². The van der Waals surface area contributed by atoms with Crippen LogP contribution in [-0.4, -0.2) is 22.9 Å². The van der Waals surface area contributed by atoms with Gasteiger partial charge in [0.25, 0.3) is 0 Å². The van der Waals surface area contributed by atoms with Gasteiger partial charge in [0.2, 0.25) is 5.91 Å². The molecule has 2 aromatic heterocycles. The predicted octanol–water partition coefficient (Wildman–Crippen LogP) is 6.98. The molecule has 0 aliphatic carbocycles. The lowest BCUT2D eigenvalue weighted by Crippen LogP contribution is -2.08. The molecule has 0 atom stereocenters. The Kier molecular flexibility index (Phi) is 5.99. The highest BCUT2D eigenvalue weighted by Gasteiger charge is 2.19. The molecular formula is C27H21N3O5S. The topological polar surface area (TPSA) is 108 Å². The quantitative estimate of drug-likeness (QED) is 0.153. The molecule has 5 rings (SSSR count). The Morgan fingerprint density at radius 3 is 2.69 bits per heavy atom. The molecule has 0 saturated heterocycles. The number of thiazole rings is 1. The molecule has 0 spiro atoms. The smallest absolute Gasteiger partial charge is 0.345 e. The summed E-state index contributed by atoms with van der Waals surface area (Å²) in [4.78, 5) is 26.8. The maximum Gasteiger partial charge on any atom is 0.345 e. The van der Waals surface area contributed by atoms with Gasteiger partial charge in [0.05, 0.1) is 18.3 Å². The normalized spacial score (nSPS) is 11.7. The highest BCUT2D eigenvalue weighted by molar-refractivity contribution is 7.18. The van der Waals surface area contributed by atoms with Gasteiger partial charge in [-0.15, -0.1) is 0 Å². The molecule has 3 aromatic carbocycles. The minimum atomic E-state index is -0.546. The van der Waals surface area contributed by atoms with Crippen molar-refractivity contribution < 1.29 is 18.9 Å². The third-order valence-corrected chi connectivity index (χ3v) is 6.85. The number of nitro groups is 1. The van der Waals surface area contributed by atoms with E-state index in [2.05, 4.69) is 40.6 Å². The number of fused-ring (bicyclic) bond motifs is 2. The summed E-state index contributed by atoms with van der Waals surface area (Å²) in [6.45, 7) is 3.73. The first-order valence-electron chi connectivity index (χ1n) is 11.0. The first-order chi connectivity index (χ1) is 17.4. The molecule has 0 bridgehead atoms. The van der Waals surface area contributed by atoms with Crippen molar-refractivity contribution >= 4 is 54.7 Å². The number of aromatic nitrogens is 1. The van der Waals surface area contributed by atoms with E-state index in [0.29, 0.717) is 16.9 Å². The number of anilines is 1. The Bertz CT molecular complexity index is 1680. The summed E-state index contributed by atoms with van der Waals surface area (Å²) in [6.07, 6.45) is 4.28. The third kappa shape index (κ3) is 4.20. The fourth-order valence-electron chi connectivity index (χ4n) is 4.28. The lowest BCUT2D eigenvalue weighted by atomic mass is 9.95. The zero-order valence-corrected chi connectivity index (χ0v) is 20.5. The van der Waals surface area contributed by atoms with Gasteiger partial charge in [0.15, 0.2) is 5.13 Å². The second kappa shape index (κ2) is 9.27. The monoisotopic (exact) mass is 499 g/mol. The third-order valence-electron chi connectivity index (χ3n) is 5.98. The predicted molar refractivity (Wildman–Crippen MR) is 141 cm³/mol. The van der Waals surface area contributed by atoms with Crippen LogP contribution in [-0.2, 0) is 4.79 Å². The number of ether oxygens (including phenoxy) is 1. The van der Waals surface area contributed by atoms with Crippen molar-refractivity contribution in [3.63, 3.8) is 0 Å². The van der Waals surface area contributed by atoms with Gasteiger partial charge in [0, 0.05) is 28.2 Å². The van der Waals surface area contributed by atoms with E-state index in [1.807, 2.05) is 32.0 Å². The second-order valence-corrected chi connectivity index (χ2v) is 9.26. The molecule has 2 heterocycles. The minimum absolute atomic E-state index is 0.144. The molecule has 5 aromatic rings. The molecule has 1 amide bonds. The number of carbonyl (C=O) groups is 1. The van der Waals surface area contributed by atoms with E-state index in [1.54, 1.807) is 13.4 Å². The minimum Gasteiger partial charge on any atom is -0.496 e. The van der Waals surface area contributed by atoms with Gasteiger partial charge >= 0.3 is 5.00 Å². The summed E-state index contributed by atoms with van der Waals surface area (Å²) in [7, 11) is 1.58. The number of amides is 1. The van der Waals surface area contributed by atoms with Gasteiger partial charge in [-0.25, -0.2) is 4.98 Å². The van der Waals surface area contributed by atoms with Crippen LogP contribution in [0.1, 0.15) is 18.1 Å². The van der Waals surface area contributed by atoms with Crippen LogP contribution in [0.25, 0.3) is 38.4 Å². The number of aryl methyl sites for hydroxylation is 1. The fraction of sp³-hybridized carbons (Fsp3) is 0.111. The van der Waals surface area contributed by atoms with Crippen LogP contribution in [0.15, 0.2) is 71.5 Å². The molecule has 0 unspecified atom stereocenters. The van der Waals surface area contributed by atoms with Crippen LogP contribution in [0, 0.1) is 17.0 Å². The molecule has 8 nitrogen and oxygen atoms in total. The average molecular weight is 500 g/mol. The van der Waals surface area contributed by atoms with Gasteiger partial charge in [-0.2, -0.15) is 0 Å². The molecule has 0 saturated carbocycles. The number of carbonyl (C=O) groups excluding carboxylic acids is 1. The summed E-state index contributed by atoms with van der Waals surface area (Å²) < 4.78 is 11.7. The van der Waals surface area contributed by atoms with E-state index in [4.69, 9.17) is 9.15 Å². The zero-order chi connectivity index (χ0) is 25.4. The highest BCUT2D eigenvalue weighted by Crippen LogP contribution is 2.41. The first-order valence-corrected chi connectivity index (χ1v) is 11.8. The number of furan rings is 1. The number of rotatable bonds is 6. The first kappa shape index (κ1) is 23.3. The van der Waals surface area contributed by atoms with E-state index in [1.165, 1.54) is 6.08 Å². The van der Waals surface area contributed by atoms with E-state index < -0.39 is 10.8 Å². The Hall–Kier alpha value is -4.50. The maximum atomic E-state index is 12.6. The number of nitrogens with zero attached hydrogens (tertiary/aromatic N) is 2. The fourth-order valence-corrected chi connectivity index (χ4v) is 4.91. The molecule has 0 fully saturated rings. The van der Waals surface area contributed by atoms with Gasteiger partial charge in [0.1, 0.15) is 17.5 Å². The highest BCUT2D eigenvalue weighted by atomic mass is 32.1. The molecule has 0 aliphatic rings. The molecule has 1 N–H and O–H groups in total. The molecule has 180 valence electrons. The number of nitrogens with one attached hydrogen (secondary N) is 1. The van der Waals surface area contributed by atoms with Gasteiger partial charge in [-0.05, 0) is 59.2 Å². The number of allylic oxidation sites excluding steroid dienone is 1. The van der Waals surface area contributed by atoms with E-state index >= 15 is 0 Å². The van der Waals surface area contributed by atoms with Gasteiger partial charge in [-0.1, -0.05) is 36.4 Å². The Morgan fingerprint density at radius 1 is 1.19 bits per heavy atom. The van der Waals surface area contributed by atoms with E-state index in [-0.39, 0.29) is 10.1 Å². The maximum absolute atomic E-state index is 12.6. The summed E-state index contributed by atoms with van der Waals surface area (Å²) in [6, 6.07) is 16.4. The second-order valence-electron chi connectivity index (χ2n) is 8.25. The Labute approximate surface area is 210 Å². The molecule has 36 heavy (non-hydrogen) atoms. The summed E-state index contributed by atoms with van der Waals surface area (Å²) in [5, 5.41) is 16.7. The number of hydrogen-bond donors (Lipinski definition) is 1. The van der Waals surface area contributed by atoms with Crippen molar-refractivity contribution in [1.29, 1.82) is 0 Å². The van der Waals surface area contributed by atoms with Crippen molar-refractivity contribution in [2.24, 2.45) is 0 Å². The zero-order valence-electron chi connectivity index (χ0n) is 19.7. The lowest BCUT2D eigenvalue weighted by Gasteiger charge is -2.13. The lowest BCUT2D eigenvalue weighted by molar-refractivity contribution is -0.380. The largest absolute Gasteiger partial charge is 0.496 e. The average Bonchev–Trinajstić information content (AvgIpc) is 3.51.